The summed E-state index contributed by atoms with van der Waals surface area (Å²) in [5.41, 5.74) is -0.720. The summed E-state index contributed by atoms with van der Waals surface area (Å²) in [5, 5.41) is 14.3. The number of aryl methyl sites for hydroxylation is 1. The van der Waals surface area contributed by atoms with Crippen molar-refractivity contribution in [2.45, 2.75) is 26.1 Å². The first-order chi connectivity index (χ1) is 15.8. The van der Waals surface area contributed by atoms with Crippen LogP contribution < -0.4 is 4.74 Å². The Morgan fingerprint density at radius 2 is 1.94 bits per heavy atom. The highest BCUT2D eigenvalue weighted by atomic mass is 32.1. The molecule has 4 heterocycles. The molecular formula is C20H22F3N7O2S. The van der Waals surface area contributed by atoms with E-state index in [2.05, 4.69) is 25.2 Å². The van der Waals surface area contributed by atoms with Gasteiger partial charge in [0.1, 0.15) is 0 Å². The van der Waals surface area contributed by atoms with E-state index in [0.717, 1.165) is 23.3 Å². The minimum atomic E-state index is -4.81. The molecular weight excluding hydrogens is 459 g/mol. The van der Waals surface area contributed by atoms with Crippen LogP contribution in [0.3, 0.4) is 0 Å². The number of halogens is 3. The standard InChI is InChI=1S/C20H22F3N7O2S/c1-3-17-25-13(12-33-17)11-28-6-8-29(9-7-28)19(31)14-10-24-30(18(14)20(21,22)23)15-4-5-16(32-2)27-26-15/h4-5,10,12H,3,6-9,11H2,1-2H3. The van der Waals surface area contributed by atoms with Crippen LogP contribution in [-0.2, 0) is 19.1 Å². The average molecular weight is 482 g/mol. The van der Waals surface area contributed by atoms with Gasteiger partial charge in [0.25, 0.3) is 5.91 Å². The van der Waals surface area contributed by atoms with Crippen LogP contribution in [0, 0.1) is 0 Å². The Balaban J connectivity index is 1.49. The van der Waals surface area contributed by atoms with Gasteiger partial charge in [-0.25, -0.2) is 9.67 Å². The maximum atomic E-state index is 13.9. The number of thiazole rings is 1. The summed E-state index contributed by atoms with van der Waals surface area (Å²) in [6.45, 7) is 4.42. The van der Waals surface area contributed by atoms with Gasteiger partial charge in [0, 0.05) is 44.2 Å². The van der Waals surface area contributed by atoms with Crippen molar-refractivity contribution in [2.75, 3.05) is 33.3 Å². The zero-order valence-electron chi connectivity index (χ0n) is 18.0. The molecule has 1 aliphatic heterocycles. The highest BCUT2D eigenvalue weighted by molar-refractivity contribution is 7.09. The first kappa shape index (κ1) is 23.1. The Labute approximate surface area is 191 Å². The second kappa shape index (κ2) is 9.43. The molecule has 0 saturated carbocycles. The maximum Gasteiger partial charge on any atom is 0.434 e. The number of carbonyl (C=O) groups is 1. The number of hydrogen-bond acceptors (Lipinski definition) is 8. The van der Waals surface area contributed by atoms with Crippen LogP contribution >= 0.6 is 11.3 Å². The van der Waals surface area contributed by atoms with Gasteiger partial charge >= 0.3 is 6.18 Å². The minimum Gasteiger partial charge on any atom is -0.480 e. The van der Waals surface area contributed by atoms with Crippen LogP contribution in [0.25, 0.3) is 5.82 Å². The SMILES string of the molecule is CCc1nc(CN2CCN(C(=O)c3cnn(-c4ccc(OC)nn4)c3C(F)(F)F)CC2)cs1. The normalized spacial score (nSPS) is 15.1. The Hall–Kier alpha value is -3.06. The van der Waals surface area contributed by atoms with Crippen LogP contribution in [0.5, 0.6) is 5.88 Å². The number of ether oxygens (including phenoxy) is 1. The molecule has 0 aliphatic carbocycles. The molecule has 176 valence electrons. The van der Waals surface area contributed by atoms with Crippen molar-refractivity contribution in [1.29, 1.82) is 0 Å². The van der Waals surface area contributed by atoms with Gasteiger partial charge in [0.15, 0.2) is 11.5 Å². The molecule has 0 N–H and O–H groups in total. The van der Waals surface area contributed by atoms with Gasteiger partial charge in [0.2, 0.25) is 5.88 Å². The molecule has 0 atom stereocenters. The summed E-state index contributed by atoms with van der Waals surface area (Å²) < 4.78 is 47.2. The Morgan fingerprint density at radius 1 is 1.18 bits per heavy atom. The van der Waals surface area contributed by atoms with Crippen molar-refractivity contribution in [3.8, 4) is 11.7 Å². The quantitative estimate of drug-likeness (QED) is 0.535. The van der Waals surface area contributed by atoms with Crippen molar-refractivity contribution in [2.24, 2.45) is 0 Å². The van der Waals surface area contributed by atoms with Crippen LogP contribution in [0.1, 0.15) is 33.7 Å². The van der Waals surface area contributed by atoms with Gasteiger partial charge in [-0.2, -0.15) is 18.3 Å². The van der Waals surface area contributed by atoms with Crippen molar-refractivity contribution in [3.63, 3.8) is 0 Å². The van der Waals surface area contributed by atoms with E-state index in [-0.39, 0.29) is 11.7 Å². The third-order valence-corrected chi connectivity index (χ3v) is 6.31. The molecule has 0 bridgehead atoms. The fourth-order valence-corrected chi connectivity index (χ4v) is 4.31. The first-order valence-electron chi connectivity index (χ1n) is 10.3. The number of aromatic nitrogens is 5. The van der Waals surface area contributed by atoms with Gasteiger partial charge in [-0.15, -0.1) is 21.5 Å². The van der Waals surface area contributed by atoms with Gasteiger partial charge in [-0.1, -0.05) is 6.92 Å². The summed E-state index contributed by atoms with van der Waals surface area (Å²) in [7, 11) is 1.37. The number of hydrogen-bond donors (Lipinski definition) is 0. The zero-order chi connectivity index (χ0) is 23.6. The Kier molecular flexibility index (Phi) is 6.61. The molecule has 0 radical (unpaired) electrons. The second-order valence-corrected chi connectivity index (χ2v) is 8.35. The molecule has 1 aliphatic rings. The van der Waals surface area contributed by atoms with E-state index in [4.69, 9.17) is 4.74 Å². The molecule has 3 aromatic rings. The number of nitrogens with zero attached hydrogens (tertiary/aromatic N) is 7. The van der Waals surface area contributed by atoms with Crippen LogP contribution in [0.2, 0.25) is 0 Å². The van der Waals surface area contributed by atoms with E-state index < -0.39 is 23.3 Å². The number of piperazine rings is 1. The molecule has 0 aromatic carbocycles. The molecule has 1 fully saturated rings. The zero-order valence-corrected chi connectivity index (χ0v) is 18.9. The van der Waals surface area contributed by atoms with E-state index in [1.54, 1.807) is 11.3 Å². The van der Waals surface area contributed by atoms with Gasteiger partial charge in [-0.05, 0) is 12.5 Å². The average Bonchev–Trinajstić information content (AvgIpc) is 3.46. The molecule has 0 spiro atoms. The van der Waals surface area contributed by atoms with Crippen molar-refractivity contribution in [3.05, 3.63) is 45.7 Å². The first-order valence-corrected chi connectivity index (χ1v) is 11.2. The number of amides is 1. The molecule has 1 saturated heterocycles. The van der Waals surface area contributed by atoms with E-state index in [9.17, 15) is 18.0 Å². The summed E-state index contributed by atoms with van der Waals surface area (Å²) >= 11 is 1.61. The minimum absolute atomic E-state index is 0.150. The molecule has 4 rings (SSSR count). The Bertz CT molecular complexity index is 1110. The molecule has 9 nitrogen and oxygen atoms in total. The van der Waals surface area contributed by atoms with Gasteiger partial charge in [-0.3, -0.25) is 9.69 Å². The smallest absolute Gasteiger partial charge is 0.434 e. The van der Waals surface area contributed by atoms with E-state index >= 15 is 0 Å². The summed E-state index contributed by atoms with van der Waals surface area (Å²) in [6.07, 6.45) is -3.00. The summed E-state index contributed by atoms with van der Waals surface area (Å²) in [4.78, 5) is 21.1. The topological polar surface area (TPSA) is 89.3 Å². The number of rotatable bonds is 6. The monoisotopic (exact) mass is 481 g/mol. The van der Waals surface area contributed by atoms with E-state index in [0.29, 0.717) is 37.4 Å². The lowest BCUT2D eigenvalue weighted by Crippen LogP contribution is -2.48. The van der Waals surface area contributed by atoms with Crippen LogP contribution in [-0.4, -0.2) is 74.0 Å². The number of methoxy groups -OCH3 is 1. The van der Waals surface area contributed by atoms with Crippen molar-refractivity contribution < 1.29 is 22.7 Å². The largest absolute Gasteiger partial charge is 0.480 e. The third-order valence-electron chi connectivity index (χ3n) is 5.27. The van der Waals surface area contributed by atoms with Crippen LogP contribution in [0.15, 0.2) is 23.7 Å². The number of alkyl halides is 3. The van der Waals surface area contributed by atoms with Crippen molar-refractivity contribution in [1.82, 2.24) is 34.8 Å². The lowest BCUT2D eigenvalue weighted by Gasteiger charge is -2.34. The van der Waals surface area contributed by atoms with Crippen molar-refractivity contribution >= 4 is 17.2 Å². The lowest BCUT2D eigenvalue weighted by molar-refractivity contribution is -0.143. The molecule has 13 heteroatoms. The number of carbonyl (C=O) groups excluding carboxylic acids is 1. The molecule has 1 amide bonds. The highest BCUT2D eigenvalue weighted by Crippen LogP contribution is 2.34. The van der Waals surface area contributed by atoms with Gasteiger partial charge in [0.05, 0.1) is 29.6 Å². The molecule has 0 unspecified atom stereocenters. The fraction of sp³-hybridized carbons (Fsp3) is 0.450. The predicted octanol–water partition coefficient (Wildman–Crippen LogP) is 2.67. The maximum absolute atomic E-state index is 13.9. The fourth-order valence-electron chi connectivity index (χ4n) is 3.58. The van der Waals surface area contributed by atoms with E-state index in [1.807, 2.05) is 12.3 Å². The predicted molar refractivity (Wildman–Crippen MR) is 113 cm³/mol. The summed E-state index contributed by atoms with van der Waals surface area (Å²) in [6, 6.07) is 2.67. The van der Waals surface area contributed by atoms with E-state index in [1.165, 1.54) is 24.1 Å². The highest BCUT2D eigenvalue weighted by Gasteiger charge is 2.42. The Morgan fingerprint density at radius 3 is 2.52 bits per heavy atom. The van der Waals surface area contributed by atoms with Gasteiger partial charge < -0.3 is 9.64 Å². The van der Waals surface area contributed by atoms with Crippen LogP contribution in [0.4, 0.5) is 13.2 Å². The summed E-state index contributed by atoms with van der Waals surface area (Å²) in [5.74, 6) is -0.726. The molecule has 3 aromatic heterocycles. The third kappa shape index (κ3) is 4.98. The lowest BCUT2D eigenvalue weighted by atomic mass is 10.2. The molecule has 33 heavy (non-hydrogen) atoms. The second-order valence-electron chi connectivity index (χ2n) is 7.40.